The van der Waals surface area contributed by atoms with E-state index in [1.807, 2.05) is 44.2 Å². The summed E-state index contributed by atoms with van der Waals surface area (Å²) in [6.45, 7) is 4.54. The third-order valence-electron chi connectivity index (χ3n) is 6.04. The molecule has 0 spiro atoms. The molecule has 204 valence electrons. The fourth-order valence-corrected chi connectivity index (χ4v) is 5.80. The van der Waals surface area contributed by atoms with Crippen molar-refractivity contribution in [2.75, 3.05) is 40.2 Å². The molecular weight excluding hydrogens is 498 g/mol. The minimum atomic E-state index is -3.91. The highest BCUT2D eigenvalue weighted by Crippen LogP contribution is 2.24. The van der Waals surface area contributed by atoms with Gasteiger partial charge in [0.2, 0.25) is 10.0 Å². The van der Waals surface area contributed by atoms with Crippen molar-refractivity contribution in [2.45, 2.75) is 43.8 Å². The van der Waals surface area contributed by atoms with Gasteiger partial charge in [-0.15, -0.1) is 0 Å². The van der Waals surface area contributed by atoms with Gasteiger partial charge in [0.15, 0.2) is 0 Å². The summed E-state index contributed by atoms with van der Waals surface area (Å²) in [4.78, 5) is 12.9. The summed E-state index contributed by atoms with van der Waals surface area (Å²) in [6.07, 6.45) is -1.32. The molecule has 2 aromatic carbocycles. The average molecular weight is 536 g/mol. The molecule has 0 amide bonds. The van der Waals surface area contributed by atoms with Crippen molar-refractivity contribution in [1.82, 2.24) is 4.31 Å². The third-order valence-corrected chi connectivity index (χ3v) is 7.89. The number of carbonyl (C=O) groups excluding carboxylic acids is 1. The molecule has 0 bridgehead atoms. The van der Waals surface area contributed by atoms with Gasteiger partial charge in [-0.3, -0.25) is 4.79 Å². The standard InChI is InChI=1S/C27H37NO8S/c1-20(2)15-28(37(31,32)25-11-9-23(33-3)10-12-25)16-26(29)22(13-21-7-5-4-6-8-21)14-27(30)36-24-17-34-19-35-18-24/h4-12,20,22,24,26,29H,13-19H2,1-3H3/t22-,26-/m1/s1. The van der Waals surface area contributed by atoms with E-state index in [2.05, 4.69) is 0 Å². The van der Waals surface area contributed by atoms with Crippen LogP contribution in [0.1, 0.15) is 25.8 Å². The van der Waals surface area contributed by atoms with Gasteiger partial charge in [-0.25, -0.2) is 8.42 Å². The maximum atomic E-state index is 13.5. The van der Waals surface area contributed by atoms with Crippen molar-refractivity contribution in [3.05, 3.63) is 60.2 Å². The number of aliphatic hydroxyl groups is 1. The number of carbonyl (C=O) groups is 1. The lowest BCUT2D eigenvalue weighted by Crippen LogP contribution is -2.43. The van der Waals surface area contributed by atoms with Gasteiger partial charge in [-0.1, -0.05) is 44.2 Å². The lowest BCUT2D eigenvalue weighted by atomic mass is 9.90. The lowest BCUT2D eigenvalue weighted by Gasteiger charge is -2.30. The van der Waals surface area contributed by atoms with E-state index in [4.69, 9.17) is 18.9 Å². The van der Waals surface area contributed by atoms with Crippen LogP contribution in [0.4, 0.5) is 0 Å². The second kappa shape index (κ2) is 13.9. The Morgan fingerprint density at radius 1 is 1.05 bits per heavy atom. The molecule has 3 rings (SSSR count). The van der Waals surface area contributed by atoms with Crippen molar-refractivity contribution in [3.8, 4) is 5.75 Å². The topological polar surface area (TPSA) is 112 Å². The fourth-order valence-electron chi connectivity index (χ4n) is 4.18. The summed E-state index contributed by atoms with van der Waals surface area (Å²) in [6, 6.07) is 15.6. The molecule has 37 heavy (non-hydrogen) atoms. The molecule has 1 saturated heterocycles. The van der Waals surface area contributed by atoms with Crippen LogP contribution in [0, 0.1) is 11.8 Å². The normalized spacial score (nSPS) is 16.5. The van der Waals surface area contributed by atoms with Crippen LogP contribution in [0.2, 0.25) is 0 Å². The minimum Gasteiger partial charge on any atom is -0.497 e. The second-order valence-corrected chi connectivity index (χ2v) is 11.5. The highest BCUT2D eigenvalue weighted by molar-refractivity contribution is 7.89. The molecule has 0 unspecified atom stereocenters. The van der Waals surface area contributed by atoms with E-state index in [1.165, 1.54) is 23.5 Å². The number of aliphatic hydroxyl groups excluding tert-OH is 1. The minimum absolute atomic E-state index is 0.0177. The SMILES string of the molecule is COc1ccc(S(=O)(=O)N(CC(C)C)C[C@@H](O)[C@@H](CC(=O)OC2COCOC2)Cc2ccccc2)cc1. The van der Waals surface area contributed by atoms with Crippen LogP contribution in [0.15, 0.2) is 59.5 Å². The first kappa shape index (κ1) is 29.1. The van der Waals surface area contributed by atoms with Gasteiger partial charge in [0.1, 0.15) is 18.6 Å². The van der Waals surface area contributed by atoms with E-state index >= 15 is 0 Å². The Kier molecular flexibility index (Phi) is 10.9. The van der Waals surface area contributed by atoms with Gasteiger partial charge >= 0.3 is 5.97 Å². The molecule has 0 aliphatic carbocycles. The Labute approximate surface area is 219 Å². The molecule has 1 N–H and O–H groups in total. The molecule has 1 heterocycles. The molecule has 1 aliphatic heterocycles. The number of rotatable bonds is 13. The van der Waals surface area contributed by atoms with Crippen LogP contribution in [-0.2, 0) is 35.4 Å². The largest absolute Gasteiger partial charge is 0.497 e. The van der Waals surface area contributed by atoms with Gasteiger partial charge in [0.25, 0.3) is 0 Å². The number of hydrogen-bond donors (Lipinski definition) is 1. The van der Waals surface area contributed by atoms with Crippen LogP contribution < -0.4 is 4.74 Å². The summed E-state index contributed by atoms with van der Waals surface area (Å²) in [5.74, 6) is -0.498. The zero-order valence-corrected chi connectivity index (χ0v) is 22.4. The summed E-state index contributed by atoms with van der Waals surface area (Å²) in [5, 5.41) is 11.3. The van der Waals surface area contributed by atoms with E-state index in [0.29, 0.717) is 12.2 Å². The van der Waals surface area contributed by atoms with Gasteiger partial charge in [0.05, 0.1) is 37.7 Å². The molecule has 0 saturated carbocycles. The van der Waals surface area contributed by atoms with E-state index in [1.54, 1.807) is 12.1 Å². The number of benzene rings is 2. The number of ether oxygens (including phenoxy) is 4. The Morgan fingerprint density at radius 2 is 1.70 bits per heavy atom. The molecule has 9 nitrogen and oxygen atoms in total. The summed E-state index contributed by atoms with van der Waals surface area (Å²) in [5.41, 5.74) is 0.928. The van der Waals surface area contributed by atoms with Crippen molar-refractivity contribution < 1.29 is 37.3 Å². The highest BCUT2D eigenvalue weighted by Gasteiger charge is 2.32. The smallest absolute Gasteiger partial charge is 0.306 e. The molecule has 0 radical (unpaired) electrons. The van der Waals surface area contributed by atoms with Crippen molar-refractivity contribution in [1.29, 1.82) is 0 Å². The van der Waals surface area contributed by atoms with E-state index in [-0.39, 0.29) is 50.3 Å². The number of hydrogen-bond acceptors (Lipinski definition) is 8. The number of esters is 1. The number of methoxy groups -OCH3 is 1. The molecule has 2 aromatic rings. The van der Waals surface area contributed by atoms with Crippen molar-refractivity contribution in [2.24, 2.45) is 11.8 Å². The zero-order chi connectivity index (χ0) is 26.8. The number of nitrogens with zero attached hydrogens (tertiary/aromatic N) is 1. The second-order valence-electron chi connectivity index (χ2n) is 9.58. The molecular formula is C27H37NO8S. The fraction of sp³-hybridized carbons (Fsp3) is 0.519. The average Bonchev–Trinajstić information content (AvgIpc) is 2.88. The molecule has 1 fully saturated rings. The van der Waals surface area contributed by atoms with E-state index in [9.17, 15) is 18.3 Å². The third kappa shape index (κ3) is 8.79. The highest BCUT2D eigenvalue weighted by atomic mass is 32.2. The first-order valence-electron chi connectivity index (χ1n) is 12.4. The van der Waals surface area contributed by atoms with Crippen LogP contribution in [0.3, 0.4) is 0 Å². The summed E-state index contributed by atoms with van der Waals surface area (Å²) >= 11 is 0. The van der Waals surface area contributed by atoms with Gasteiger partial charge < -0.3 is 24.1 Å². The maximum Gasteiger partial charge on any atom is 0.306 e. The van der Waals surface area contributed by atoms with Crippen LogP contribution in [0.5, 0.6) is 5.75 Å². The predicted octanol–water partition coefficient (Wildman–Crippen LogP) is 2.87. The van der Waals surface area contributed by atoms with Crippen LogP contribution in [-0.4, -0.2) is 76.2 Å². The Balaban J connectivity index is 1.79. The molecule has 2 atom stereocenters. The van der Waals surface area contributed by atoms with Gasteiger partial charge in [-0.05, 0) is 42.2 Å². The number of sulfonamides is 1. The van der Waals surface area contributed by atoms with Crippen molar-refractivity contribution in [3.63, 3.8) is 0 Å². The van der Waals surface area contributed by atoms with E-state index in [0.717, 1.165) is 5.56 Å². The first-order valence-corrected chi connectivity index (χ1v) is 13.8. The molecule has 0 aromatic heterocycles. The Hall–Kier alpha value is -2.50. The first-order chi connectivity index (χ1) is 17.7. The molecule has 10 heteroatoms. The van der Waals surface area contributed by atoms with Crippen molar-refractivity contribution >= 4 is 16.0 Å². The Bertz CT molecular complexity index is 1070. The monoisotopic (exact) mass is 535 g/mol. The summed E-state index contributed by atoms with van der Waals surface area (Å²) in [7, 11) is -2.39. The predicted molar refractivity (Wildman–Crippen MR) is 138 cm³/mol. The summed E-state index contributed by atoms with van der Waals surface area (Å²) < 4.78 is 49.3. The maximum absolute atomic E-state index is 13.5. The zero-order valence-electron chi connectivity index (χ0n) is 21.6. The van der Waals surface area contributed by atoms with Gasteiger partial charge in [-0.2, -0.15) is 4.31 Å². The lowest BCUT2D eigenvalue weighted by molar-refractivity contribution is -0.184. The van der Waals surface area contributed by atoms with Gasteiger partial charge in [0, 0.05) is 19.0 Å². The van der Waals surface area contributed by atoms with Crippen LogP contribution in [0.25, 0.3) is 0 Å². The van der Waals surface area contributed by atoms with E-state index < -0.39 is 34.1 Å². The quantitative estimate of drug-likeness (QED) is 0.390. The van der Waals surface area contributed by atoms with Crippen LogP contribution >= 0.6 is 0 Å². The Morgan fingerprint density at radius 3 is 2.30 bits per heavy atom. The molecule has 1 aliphatic rings.